The van der Waals surface area contributed by atoms with Crippen LogP contribution in [0.2, 0.25) is 0 Å². The Kier molecular flexibility index (Phi) is 7.87. The lowest BCUT2D eigenvalue weighted by Gasteiger charge is -2.25. The molecule has 1 aromatic heterocycles. The van der Waals surface area contributed by atoms with Crippen LogP contribution in [0.1, 0.15) is 56.6 Å². The summed E-state index contributed by atoms with van der Waals surface area (Å²) in [6.45, 7) is 9.34. The van der Waals surface area contributed by atoms with Gasteiger partial charge in [0.25, 0.3) is 5.56 Å². The van der Waals surface area contributed by atoms with Crippen molar-refractivity contribution in [3.05, 3.63) is 39.8 Å². The molecule has 0 aliphatic carbocycles. The van der Waals surface area contributed by atoms with Crippen LogP contribution in [0.5, 0.6) is 5.75 Å². The normalized spacial score (nSPS) is 11.3. The summed E-state index contributed by atoms with van der Waals surface area (Å²) in [5, 5.41) is 10.3. The Balaban J connectivity index is 0.00000364. The molecule has 7 heteroatoms. The largest absolute Gasteiger partial charge is 0.491 e. The van der Waals surface area contributed by atoms with E-state index in [2.05, 4.69) is 27.7 Å². The maximum atomic E-state index is 13.1. The van der Waals surface area contributed by atoms with Gasteiger partial charge in [-0.25, -0.2) is 4.79 Å². The van der Waals surface area contributed by atoms with E-state index in [0.717, 1.165) is 12.8 Å². The number of carboxylic acids is 1. The Morgan fingerprint density at radius 1 is 1.26 bits per heavy atom. The lowest BCUT2D eigenvalue weighted by molar-refractivity contribution is 0.0697. The van der Waals surface area contributed by atoms with E-state index in [-0.39, 0.29) is 35.5 Å². The fourth-order valence-electron chi connectivity index (χ4n) is 2.92. The van der Waals surface area contributed by atoms with Crippen molar-refractivity contribution in [3.8, 4) is 5.75 Å². The van der Waals surface area contributed by atoms with Crippen LogP contribution in [0.15, 0.2) is 23.0 Å². The lowest BCUT2D eigenvalue weighted by Crippen LogP contribution is -2.31. The molecule has 0 aliphatic heterocycles. The number of unbranched alkanes of at least 4 members (excludes halogenated alkanes) is 1. The average Bonchev–Trinajstić information content (AvgIpc) is 2.57. The summed E-state index contributed by atoms with van der Waals surface area (Å²) < 4.78 is 7.66. The summed E-state index contributed by atoms with van der Waals surface area (Å²) in [7, 11) is 0. The van der Waals surface area contributed by atoms with E-state index in [9.17, 15) is 14.7 Å². The zero-order valence-electron chi connectivity index (χ0n) is 16.4. The minimum atomic E-state index is -1.04. The van der Waals surface area contributed by atoms with Crippen molar-refractivity contribution in [2.24, 2.45) is 11.1 Å². The molecule has 2 rings (SSSR count). The highest BCUT2D eigenvalue weighted by molar-refractivity contribution is 5.96. The summed E-state index contributed by atoms with van der Waals surface area (Å²) in [6.07, 6.45) is 1.83. The number of ether oxygens (including phenoxy) is 1. The number of rotatable bonds is 7. The molecule has 6 nitrogen and oxygen atoms in total. The van der Waals surface area contributed by atoms with E-state index in [1.165, 1.54) is 12.1 Å². The molecule has 0 atom stereocenters. The predicted molar refractivity (Wildman–Crippen MR) is 110 cm³/mol. The van der Waals surface area contributed by atoms with Gasteiger partial charge in [0.1, 0.15) is 5.75 Å². The first-order chi connectivity index (χ1) is 12.2. The van der Waals surface area contributed by atoms with Gasteiger partial charge in [-0.05, 0) is 30.0 Å². The first-order valence-electron chi connectivity index (χ1n) is 8.95. The van der Waals surface area contributed by atoms with Crippen LogP contribution >= 0.6 is 12.4 Å². The molecule has 1 heterocycles. The second kappa shape index (κ2) is 9.24. The number of halogens is 1. The number of nitrogens with zero attached hydrogens (tertiary/aromatic N) is 1. The highest BCUT2D eigenvalue weighted by atomic mass is 35.5. The summed E-state index contributed by atoms with van der Waals surface area (Å²) >= 11 is 0. The Morgan fingerprint density at radius 2 is 1.93 bits per heavy atom. The third-order valence-corrected chi connectivity index (χ3v) is 4.14. The van der Waals surface area contributed by atoms with Crippen molar-refractivity contribution in [1.82, 2.24) is 4.57 Å². The van der Waals surface area contributed by atoms with E-state index < -0.39 is 5.97 Å². The van der Waals surface area contributed by atoms with Crippen LogP contribution in [0.4, 0.5) is 0 Å². The topological polar surface area (TPSA) is 94.5 Å². The van der Waals surface area contributed by atoms with Gasteiger partial charge in [-0.15, -0.1) is 12.4 Å². The number of nitrogens with two attached hydrogens (primary N) is 1. The molecule has 0 unspecified atom stereocenters. The predicted octanol–water partition coefficient (Wildman–Crippen LogP) is 3.81. The van der Waals surface area contributed by atoms with Crippen LogP contribution in [-0.2, 0) is 13.1 Å². The molecular formula is C20H29ClN2O4. The summed E-state index contributed by atoms with van der Waals surface area (Å²) in [5.74, 6) is -0.525. The van der Waals surface area contributed by atoms with Gasteiger partial charge in [0.05, 0.1) is 23.3 Å². The average molecular weight is 397 g/mol. The Labute approximate surface area is 165 Å². The molecule has 27 heavy (non-hydrogen) atoms. The standard InChI is InChI=1S/C20H28N2O4.ClH/c1-5-6-9-26-17-15-10-13(19(24)25)7-8-14(15)18(23)22(16(17)11-21)12-20(2,3)4;/h7-8,10H,5-6,9,11-12,21H2,1-4H3,(H,24,25);1H. The van der Waals surface area contributed by atoms with Gasteiger partial charge >= 0.3 is 5.97 Å². The fourth-order valence-corrected chi connectivity index (χ4v) is 2.92. The Morgan fingerprint density at radius 3 is 2.44 bits per heavy atom. The minimum Gasteiger partial charge on any atom is -0.491 e. The van der Waals surface area contributed by atoms with Gasteiger partial charge in [0, 0.05) is 18.5 Å². The third-order valence-electron chi connectivity index (χ3n) is 4.14. The zero-order chi connectivity index (χ0) is 19.5. The molecule has 0 bridgehead atoms. The van der Waals surface area contributed by atoms with E-state index in [4.69, 9.17) is 10.5 Å². The van der Waals surface area contributed by atoms with Gasteiger partial charge in [-0.2, -0.15) is 0 Å². The molecule has 0 amide bonds. The number of carboxylic acid groups (broad SMARTS) is 1. The Bertz CT molecular complexity index is 869. The van der Waals surface area contributed by atoms with Crippen molar-refractivity contribution in [2.45, 2.75) is 53.6 Å². The number of aromatic carboxylic acids is 1. The van der Waals surface area contributed by atoms with Crippen LogP contribution in [-0.4, -0.2) is 22.2 Å². The van der Waals surface area contributed by atoms with Gasteiger partial charge in [0.2, 0.25) is 0 Å². The number of benzene rings is 1. The van der Waals surface area contributed by atoms with Crippen molar-refractivity contribution in [2.75, 3.05) is 6.61 Å². The highest BCUT2D eigenvalue weighted by Gasteiger charge is 2.22. The number of pyridine rings is 1. The summed E-state index contributed by atoms with van der Waals surface area (Å²) in [4.78, 5) is 24.4. The van der Waals surface area contributed by atoms with Crippen LogP contribution < -0.4 is 16.0 Å². The number of carbonyl (C=O) groups is 1. The van der Waals surface area contributed by atoms with Crippen molar-refractivity contribution >= 4 is 29.1 Å². The van der Waals surface area contributed by atoms with Crippen molar-refractivity contribution < 1.29 is 14.6 Å². The number of hydrogen-bond donors (Lipinski definition) is 2. The minimum absolute atomic E-state index is 0. The monoisotopic (exact) mass is 396 g/mol. The van der Waals surface area contributed by atoms with E-state index in [1.807, 2.05) is 0 Å². The highest BCUT2D eigenvalue weighted by Crippen LogP contribution is 2.30. The lowest BCUT2D eigenvalue weighted by atomic mass is 9.96. The Hall–Kier alpha value is -2.05. The molecule has 0 aliphatic rings. The molecule has 1 aromatic carbocycles. The van der Waals surface area contributed by atoms with E-state index in [1.54, 1.807) is 10.6 Å². The number of aromatic nitrogens is 1. The third kappa shape index (κ3) is 5.23. The van der Waals surface area contributed by atoms with Gasteiger partial charge in [-0.1, -0.05) is 34.1 Å². The summed E-state index contributed by atoms with van der Waals surface area (Å²) in [6, 6.07) is 4.51. The molecule has 3 N–H and O–H groups in total. The number of hydrogen-bond acceptors (Lipinski definition) is 4. The van der Waals surface area contributed by atoms with Crippen LogP contribution in [0.25, 0.3) is 10.8 Å². The first-order valence-corrected chi connectivity index (χ1v) is 8.95. The quantitative estimate of drug-likeness (QED) is 0.694. The van der Waals surface area contributed by atoms with Gasteiger partial charge in [-0.3, -0.25) is 4.79 Å². The van der Waals surface area contributed by atoms with Gasteiger partial charge < -0.3 is 20.1 Å². The summed E-state index contributed by atoms with van der Waals surface area (Å²) in [5.41, 5.74) is 6.41. The smallest absolute Gasteiger partial charge is 0.335 e. The van der Waals surface area contributed by atoms with Crippen LogP contribution in [0.3, 0.4) is 0 Å². The molecular weight excluding hydrogens is 368 g/mol. The van der Waals surface area contributed by atoms with Gasteiger partial charge in [0.15, 0.2) is 0 Å². The molecule has 0 spiro atoms. The second-order valence-corrected chi connectivity index (χ2v) is 7.70. The fraction of sp³-hybridized carbons (Fsp3) is 0.500. The zero-order valence-corrected chi connectivity index (χ0v) is 17.2. The van der Waals surface area contributed by atoms with Crippen molar-refractivity contribution in [3.63, 3.8) is 0 Å². The van der Waals surface area contributed by atoms with Crippen LogP contribution in [0, 0.1) is 5.41 Å². The molecule has 2 aromatic rings. The van der Waals surface area contributed by atoms with E-state index in [0.29, 0.717) is 35.4 Å². The maximum absolute atomic E-state index is 13.1. The molecule has 0 radical (unpaired) electrons. The first kappa shape index (κ1) is 23.0. The number of fused-ring (bicyclic) bond motifs is 1. The SMILES string of the molecule is CCCCOc1c(CN)n(CC(C)(C)C)c(=O)c2ccc(C(=O)O)cc12.Cl. The maximum Gasteiger partial charge on any atom is 0.335 e. The molecule has 0 saturated carbocycles. The molecule has 0 saturated heterocycles. The molecule has 150 valence electrons. The second-order valence-electron chi connectivity index (χ2n) is 7.70. The van der Waals surface area contributed by atoms with Crippen molar-refractivity contribution in [1.29, 1.82) is 0 Å². The van der Waals surface area contributed by atoms with E-state index >= 15 is 0 Å². The molecule has 0 fully saturated rings.